The third kappa shape index (κ3) is 2.36. The molecule has 0 bridgehead atoms. The topological polar surface area (TPSA) is 26.3 Å². The van der Waals surface area contributed by atoms with Gasteiger partial charge < -0.3 is 4.74 Å². The average molecular weight is 232 g/mol. The first-order valence-electron chi connectivity index (χ1n) is 6.13. The highest BCUT2D eigenvalue weighted by atomic mass is 16.5. The molecular weight excluding hydrogens is 212 g/mol. The van der Waals surface area contributed by atoms with Gasteiger partial charge >= 0.3 is 5.97 Å². The highest BCUT2D eigenvalue weighted by molar-refractivity contribution is 5.66. The highest BCUT2D eigenvalue weighted by Gasteiger charge is 2.34. The Kier molecular flexibility index (Phi) is 2.98. The van der Waals surface area contributed by atoms with E-state index in [0.29, 0.717) is 6.61 Å². The molecule has 1 aliphatic carbocycles. The molecule has 1 aromatic rings. The van der Waals surface area contributed by atoms with E-state index in [1.165, 1.54) is 29.2 Å². The molecule has 0 radical (unpaired) electrons. The van der Waals surface area contributed by atoms with E-state index in [-0.39, 0.29) is 11.4 Å². The number of benzene rings is 1. The number of esters is 1. The van der Waals surface area contributed by atoms with Crippen LogP contribution in [0.3, 0.4) is 0 Å². The number of rotatable bonds is 2. The van der Waals surface area contributed by atoms with Gasteiger partial charge in [-0.05, 0) is 48.9 Å². The van der Waals surface area contributed by atoms with Crippen LogP contribution in [0.5, 0.6) is 0 Å². The Bertz CT molecular complexity index is 462. The molecule has 2 heteroatoms. The molecule has 0 fully saturated rings. The van der Waals surface area contributed by atoms with Gasteiger partial charge in [-0.2, -0.15) is 0 Å². The number of ether oxygens (including phenoxy) is 1. The van der Waals surface area contributed by atoms with Gasteiger partial charge in [0.1, 0.15) is 0 Å². The van der Waals surface area contributed by atoms with Crippen molar-refractivity contribution in [2.24, 2.45) is 5.41 Å². The number of hydrogen-bond acceptors (Lipinski definition) is 2. The lowest BCUT2D eigenvalue weighted by molar-refractivity contribution is -0.144. The summed E-state index contributed by atoms with van der Waals surface area (Å²) in [5.74, 6) is -0.185. The minimum atomic E-state index is -0.185. The second kappa shape index (κ2) is 4.17. The molecule has 0 aliphatic heterocycles. The minimum Gasteiger partial charge on any atom is -0.465 e. The van der Waals surface area contributed by atoms with Crippen LogP contribution in [-0.2, 0) is 22.4 Å². The molecule has 0 saturated carbocycles. The van der Waals surface area contributed by atoms with Crippen molar-refractivity contribution in [3.05, 3.63) is 34.4 Å². The summed E-state index contributed by atoms with van der Waals surface area (Å²) in [5, 5.41) is 0. The van der Waals surface area contributed by atoms with Crippen molar-refractivity contribution in [3.8, 4) is 0 Å². The molecule has 0 heterocycles. The summed E-state index contributed by atoms with van der Waals surface area (Å²) >= 11 is 0. The Morgan fingerprint density at radius 1 is 1.35 bits per heavy atom. The summed E-state index contributed by atoms with van der Waals surface area (Å²) in [7, 11) is 0. The Hall–Kier alpha value is -1.31. The standard InChI is InChI=1S/C15H20O2/c1-10-5-6-13-7-15(4,9-17-12(3)16)8-14(13)11(10)2/h5-6H,7-9H2,1-4H3. The van der Waals surface area contributed by atoms with Crippen LogP contribution in [0.15, 0.2) is 12.1 Å². The van der Waals surface area contributed by atoms with Crippen molar-refractivity contribution in [2.45, 2.75) is 40.5 Å². The van der Waals surface area contributed by atoms with E-state index < -0.39 is 0 Å². The normalized spacial score (nSPS) is 22.4. The third-order valence-corrected chi connectivity index (χ3v) is 3.81. The number of hydrogen-bond donors (Lipinski definition) is 0. The third-order valence-electron chi connectivity index (χ3n) is 3.81. The van der Waals surface area contributed by atoms with E-state index in [4.69, 9.17) is 4.74 Å². The lowest BCUT2D eigenvalue weighted by atomic mass is 9.88. The molecule has 0 N–H and O–H groups in total. The molecule has 0 spiro atoms. The zero-order valence-electron chi connectivity index (χ0n) is 11.1. The molecular formula is C15H20O2. The van der Waals surface area contributed by atoms with Crippen LogP contribution in [0, 0.1) is 19.3 Å². The van der Waals surface area contributed by atoms with Gasteiger partial charge in [-0.1, -0.05) is 19.1 Å². The van der Waals surface area contributed by atoms with Crippen LogP contribution in [0.2, 0.25) is 0 Å². The van der Waals surface area contributed by atoms with Gasteiger partial charge in [-0.3, -0.25) is 4.79 Å². The van der Waals surface area contributed by atoms with Crippen LogP contribution in [0.4, 0.5) is 0 Å². The lowest BCUT2D eigenvalue weighted by Gasteiger charge is -2.22. The van der Waals surface area contributed by atoms with Gasteiger partial charge in [0.05, 0.1) is 6.61 Å². The molecule has 2 nitrogen and oxygen atoms in total. The van der Waals surface area contributed by atoms with Crippen molar-refractivity contribution in [1.29, 1.82) is 0 Å². The van der Waals surface area contributed by atoms with Crippen LogP contribution in [-0.4, -0.2) is 12.6 Å². The summed E-state index contributed by atoms with van der Waals surface area (Å²) < 4.78 is 5.19. The molecule has 1 atom stereocenters. The number of carbonyl (C=O) groups excluding carboxylic acids is 1. The molecule has 92 valence electrons. The maximum atomic E-state index is 10.9. The SMILES string of the molecule is CC(=O)OCC1(C)Cc2ccc(C)c(C)c2C1. The van der Waals surface area contributed by atoms with Gasteiger partial charge in [-0.15, -0.1) is 0 Å². The Morgan fingerprint density at radius 2 is 2.06 bits per heavy atom. The lowest BCUT2D eigenvalue weighted by Crippen LogP contribution is -2.25. The van der Waals surface area contributed by atoms with Gasteiger partial charge in [0.25, 0.3) is 0 Å². The van der Waals surface area contributed by atoms with Gasteiger partial charge in [-0.25, -0.2) is 0 Å². The molecule has 1 aromatic carbocycles. The van der Waals surface area contributed by atoms with E-state index in [1.54, 1.807) is 0 Å². The van der Waals surface area contributed by atoms with Gasteiger partial charge in [0, 0.05) is 12.3 Å². The molecule has 1 unspecified atom stereocenters. The van der Waals surface area contributed by atoms with Crippen LogP contribution in [0.25, 0.3) is 0 Å². The first-order chi connectivity index (χ1) is 7.91. The summed E-state index contributed by atoms with van der Waals surface area (Å²) in [6.45, 7) is 8.53. The predicted molar refractivity (Wildman–Crippen MR) is 68.1 cm³/mol. The maximum absolute atomic E-state index is 10.9. The zero-order chi connectivity index (χ0) is 12.6. The van der Waals surface area contributed by atoms with E-state index in [0.717, 1.165) is 12.8 Å². The second-order valence-electron chi connectivity index (χ2n) is 5.59. The quantitative estimate of drug-likeness (QED) is 0.733. The fourth-order valence-corrected chi connectivity index (χ4v) is 2.67. The Balaban J connectivity index is 2.20. The molecule has 0 saturated heterocycles. The van der Waals surface area contributed by atoms with Crippen molar-refractivity contribution >= 4 is 5.97 Å². The molecule has 1 aliphatic rings. The number of carbonyl (C=O) groups is 1. The van der Waals surface area contributed by atoms with E-state index in [1.807, 2.05) is 0 Å². The molecule has 0 aromatic heterocycles. The first kappa shape index (κ1) is 12.2. The fraction of sp³-hybridized carbons (Fsp3) is 0.533. The van der Waals surface area contributed by atoms with E-state index in [9.17, 15) is 4.79 Å². The number of fused-ring (bicyclic) bond motifs is 1. The smallest absolute Gasteiger partial charge is 0.302 e. The highest BCUT2D eigenvalue weighted by Crippen LogP contribution is 2.39. The zero-order valence-corrected chi connectivity index (χ0v) is 11.1. The largest absolute Gasteiger partial charge is 0.465 e. The van der Waals surface area contributed by atoms with Gasteiger partial charge in [0.15, 0.2) is 0 Å². The number of aryl methyl sites for hydroxylation is 1. The van der Waals surface area contributed by atoms with Crippen molar-refractivity contribution in [1.82, 2.24) is 0 Å². The maximum Gasteiger partial charge on any atom is 0.302 e. The van der Waals surface area contributed by atoms with Crippen LogP contribution >= 0.6 is 0 Å². The fourth-order valence-electron chi connectivity index (χ4n) is 2.67. The first-order valence-corrected chi connectivity index (χ1v) is 6.13. The summed E-state index contributed by atoms with van der Waals surface area (Å²) in [5.41, 5.74) is 5.70. The van der Waals surface area contributed by atoms with E-state index >= 15 is 0 Å². The predicted octanol–water partition coefficient (Wildman–Crippen LogP) is 2.97. The second-order valence-corrected chi connectivity index (χ2v) is 5.59. The summed E-state index contributed by atoms with van der Waals surface area (Å²) in [6.07, 6.45) is 2.03. The monoisotopic (exact) mass is 232 g/mol. The van der Waals surface area contributed by atoms with Crippen LogP contribution in [0.1, 0.15) is 36.1 Å². The Morgan fingerprint density at radius 3 is 2.71 bits per heavy atom. The van der Waals surface area contributed by atoms with E-state index in [2.05, 4.69) is 32.9 Å². The molecule has 17 heavy (non-hydrogen) atoms. The van der Waals surface area contributed by atoms with Crippen molar-refractivity contribution in [3.63, 3.8) is 0 Å². The molecule has 0 amide bonds. The summed E-state index contributed by atoms with van der Waals surface area (Å²) in [6, 6.07) is 4.41. The summed E-state index contributed by atoms with van der Waals surface area (Å²) in [4.78, 5) is 10.9. The van der Waals surface area contributed by atoms with Crippen molar-refractivity contribution in [2.75, 3.05) is 6.61 Å². The Labute approximate surface area is 103 Å². The molecule has 2 rings (SSSR count). The van der Waals surface area contributed by atoms with Crippen molar-refractivity contribution < 1.29 is 9.53 Å². The average Bonchev–Trinajstić information content (AvgIpc) is 2.60. The minimum absolute atomic E-state index is 0.0759. The van der Waals surface area contributed by atoms with Gasteiger partial charge in [0.2, 0.25) is 0 Å². The van der Waals surface area contributed by atoms with Crippen LogP contribution < -0.4 is 0 Å².